The molecule has 2 aromatic carbocycles. The Labute approximate surface area is 161 Å². The van der Waals surface area contributed by atoms with E-state index in [1.807, 2.05) is 0 Å². The van der Waals surface area contributed by atoms with Crippen molar-refractivity contribution < 1.29 is 17.6 Å². The number of anilines is 2. The van der Waals surface area contributed by atoms with E-state index in [0.29, 0.717) is 11.3 Å². The van der Waals surface area contributed by atoms with Crippen LogP contribution in [0.4, 0.5) is 15.8 Å². The maximum Gasteiger partial charge on any atom is 0.275 e. The molecule has 0 saturated carbocycles. The molecule has 0 aliphatic heterocycles. The summed E-state index contributed by atoms with van der Waals surface area (Å²) in [5.41, 5.74) is 1.30. The Hall–Kier alpha value is -3.33. The van der Waals surface area contributed by atoms with Gasteiger partial charge in [-0.3, -0.25) is 14.5 Å². The Morgan fingerprint density at radius 2 is 1.79 bits per heavy atom. The summed E-state index contributed by atoms with van der Waals surface area (Å²) in [6.45, 7) is 3.35. The van der Waals surface area contributed by atoms with Crippen LogP contribution in [-0.2, 0) is 10.0 Å². The van der Waals surface area contributed by atoms with E-state index in [9.17, 15) is 17.6 Å². The van der Waals surface area contributed by atoms with Gasteiger partial charge in [0.2, 0.25) is 0 Å². The van der Waals surface area contributed by atoms with Crippen molar-refractivity contribution in [2.24, 2.45) is 0 Å². The van der Waals surface area contributed by atoms with Gasteiger partial charge in [-0.15, -0.1) is 0 Å². The molecule has 1 amide bonds. The quantitative estimate of drug-likeness (QED) is 0.684. The zero-order valence-electron chi connectivity index (χ0n) is 15.1. The highest BCUT2D eigenvalue weighted by Crippen LogP contribution is 2.24. The highest BCUT2D eigenvalue weighted by atomic mass is 32.2. The lowest BCUT2D eigenvalue weighted by molar-refractivity contribution is 0.102. The van der Waals surface area contributed by atoms with Crippen LogP contribution in [0.2, 0.25) is 0 Å². The van der Waals surface area contributed by atoms with Crippen LogP contribution in [-0.4, -0.2) is 24.3 Å². The molecule has 0 radical (unpaired) electrons. The molecule has 1 heterocycles. The van der Waals surface area contributed by atoms with Crippen LogP contribution in [0.3, 0.4) is 0 Å². The summed E-state index contributed by atoms with van der Waals surface area (Å²) in [6.07, 6.45) is 2.79. The zero-order chi connectivity index (χ0) is 20.3. The molecule has 0 saturated heterocycles. The summed E-state index contributed by atoms with van der Waals surface area (Å²) in [4.78, 5) is 20.2. The number of hydrogen-bond acceptors (Lipinski definition) is 5. The number of nitrogens with one attached hydrogen (secondary N) is 2. The van der Waals surface area contributed by atoms with Crippen molar-refractivity contribution in [3.63, 3.8) is 0 Å². The van der Waals surface area contributed by atoms with Crippen LogP contribution < -0.4 is 10.0 Å². The summed E-state index contributed by atoms with van der Waals surface area (Å²) in [5, 5.41) is 2.58. The third-order valence-corrected chi connectivity index (χ3v) is 5.37. The number of rotatable bonds is 5. The van der Waals surface area contributed by atoms with E-state index in [1.54, 1.807) is 26.0 Å². The Morgan fingerprint density at radius 1 is 1.04 bits per heavy atom. The smallest absolute Gasteiger partial charge is 0.275 e. The summed E-state index contributed by atoms with van der Waals surface area (Å²) >= 11 is 0. The number of aryl methyl sites for hydroxylation is 2. The lowest BCUT2D eigenvalue weighted by Crippen LogP contribution is -2.17. The number of halogens is 1. The van der Waals surface area contributed by atoms with Gasteiger partial charge in [-0.1, -0.05) is 18.2 Å². The second kappa shape index (κ2) is 7.73. The Bertz CT molecular complexity index is 1130. The average molecular weight is 400 g/mol. The lowest BCUT2D eigenvalue weighted by atomic mass is 10.2. The second-order valence-electron chi connectivity index (χ2n) is 6.06. The first-order valence-corrected chi connectivity index (χ1v) is 9.72. The van der Waals surface area contributed by atoms with Gasteiger partial charge in [-0.2, -0.15) is 0 Å². The van der Waals surface area contributed by atoms with Crippen LogP contribution in [0.5, 0.6) is 0 Å². The van der Waals surface area contributed by atoms with Gasteiger partial charge in [0, 0.05) is 11.9 Å². The molecule has 0 bridgehead atoms. The molecule has 3 rings (SSSR count). The van der Waals surface area contributed by atoms with Gasteiger partial charge < -0.3 is 5.32 Å². The molecule has 1 aromatic heterocycles. The van der Waals surface area contributed by atoms with Crippen molar-refractivity contribution in [2.75, 3.05) is 10.0 Å². The van der Waals surface area contributed by atoms with E-state index in [2.05, 4.69) is 20.0 Å². The molecule has 9 heteroatoms. The molecule has 28 heavy (non-hydrogen) atoms. The Balaban J connectivity index is 1.87. The van der Waals surface area contributed by atoms with E-state index in [1.165, 1.54) is 36.7 Å². The minimum absolute atomic E-state index is 0.0801. The second-order valence-corrected chi connectivity index (χ2v) is 7.71. The maximum atomic E-state index is 13.8. The fraction of sp³-hybridized carbons (Fsp3) is 0.105. The Kier molecular flexibility index (Phi) is 5.36. The molecule has 0 fully saturated rings. The number of hydrogen-bond donors (Lipinski definition) is 2. The van der Waals surface area contributed by atoms with Gasteiger partial charge in [0.15, 0.2) is 0 Å². The van der Waals surface area contributed by atoms with Crippen molar-refractivity contribution in [3.8, 4) is 0 Å². The third kappa shape index (κ3) is 4.32. The van der Waals surface area contributed by atoms with Crippen molar-refractivity contribution >= 4 is 27.3 Å². The summed E-state index contributed by atoms with van der Waals surface area (Å²) in [7, 11) is -4.06. The number of sulfonamides is 1. The number of nitrogens with zero attached hydrogens (tertiary/aromatic N) is 2. The zero-order valence-corrected chi connectivity index (χ0v) is 15.9. The SMILES string of the molecule is Cc1cnc(C(=O)Nc2ccc(C)c(S(=O)(=O)Nc3ccccc3F)c2)cn1. The fourth-order valence-electron chi connectivity index (χ4n) is 2.42. The topological polar surface area (TPSA) is 101 Å². The van der Waals surface area contributed by atoms with Gasteiger partial charge in [0.05, 0.1) is 22.5 Å². The fourth-order valence-corrected chi connectivity index (χ4v) is 3.76. The molecule has 0 aliphatic rings. The Morgan fingerprint density at radius 3 is 2.46 bits per heavy atom. The van der Waals surface area contributed by atoms with E-state index in [0.717, 1.165) is 6.07 Å². The molecule has 0 unspecified atom stereocenters. The first-order valence-electron chi connectivity index (χ1n) is 8.24. The van der Waals surface area contributed by atoms with Crippen molar-refractivity contribution in [1.82, 2.24) is 9.97 Å². The van der Waals surface area contributed by atoms with Crippen LogP contribution in [0.25, 0.3) is 0 Å². The first-order chi connectivity index (χ1) is 13.3. The molecular formula is C19H17FN4O3S. The maximum absolute atomic E-state index is 13.8. The van der Waals surface area contributed by atoms with Crippen LogP contribution in [0.15, 0.2) is 59.8 Å². The minimum atomic E-state index is -4.06. The van der Waals surface area contributed by atoms with Crippen molar-refractivity contribution in [1.29, 1.82) is 0 Å². The molecule has 3 aromatic rings. The van der Waals surface area contributed by atoms with Gasteiger partial charge in [-0.25, -0.2) is 17.8 Å². The molecule has 144 valence electrons. The normalized spacial score (nSPS) is 11.1. The standard InChI is InChI=1S/C19H17FN4O3S/c1-12-7-8-14(23-19(25)17-11-21-13(2)10-22-17)9-18(12)28(26,27)24-16-6-4-3-5-15(16)20/h3-11,24H,1-2H3,(H,23,25). The van der Waals surface area contributed by atoms with Gasteiger partial charge >= 0.3 is 0 Å². The lowest BCUT2D eigenvalue weighted by Gasteiger charge is -2.13. The van der Waals surface area contributed by atoms with Crippen LogP contribution in [0, 0.1) is 19.7 Å². The molecule has 2 N–H and O–H groups in total. The van der Waals surface area contributed by atoms with Crippen molar-refractivity contribution in [2.45, 2.75) is 18.7 Å². The van der Waals surface area contributed by atoms with Gasteiger partial charge in [-0.05, 0) is 43.7 Å². The first kappa shape index (κ1) is 19.4. The molecular weight excluding hydrogens is 383 g/mol. The predicted octanol–water partition coefficient (Wildman–Crippen LogP) is 3.29. The minimum Gasteiger partial charge on any atom is -0.321 e. The average Bonchev–Trinajstić information content (AvgIpc) is 2.65. The number of benzene rings is 2. The number of para-hydroxylation sites is 1. The van der Waals surface area contributed by atoms with Crippen LogP contribution >= 0.6 is 0 Å². The highest BCUT2D eigenvalue weighted by Gasteiger charge is 2.20. The van der Waals surface area contributed by atoms with Gasteiger partial charge in [0.25, 0.3) is 15.9 Å². The molecule has 0 spiro atoms. The summed E-state index contributed by atoms with van der Waals surface area (Å²) in [5.74, 6) is -1.21. The van der Waals surface area contributed by atoms with E-state index >= 15 is 0 Å². The number of carbonyl (C=O) groups is 1. The third-order valence-electron chi connectivity index (χ3n) is 3.87. The van der Waals surface area contributed by atoms with E-state index in [4.69, 9.17) is 0 Å². The molecule has 7 nitrogen and oxygen atoms in total. The predicted molar refractivity (Wildman–Crippen MR) is 103 cm³/mol. The number of amides is 1. The summed E-state index contributed by atoms with van der Waals surface area (Å²) in [6, 6.07) is 9.88. The monoisotopic (exact) mass is 400 g/mol. The number of aromatic nitrogens is 2. The molecule has 0 atom stereocenters. The van der Waals surface area contributed by atoms with Crippen molar-refractivity contribution in [3.05, 3.63) is 77.6 Å². The summed E-state index contributed by atoms with van der Waals surface area (Å²) < 4.78 is 41.4. The van der Waals surface area contributed by atoms with Crippen LogP contribution in [0.1, 0.15) is 21.7 Å². The highest BCUT2D eigenvalue weighted by molar-refractivity contribution is 7.92. The number of carbonyl (C=O) groups excluding carboxylic acids is 1. The molecule has 0 aliphatic carbocycles. The van der Waals surface area contributed by atoms with E-state index in [-0.39, 0.29) is 22.0 Å². The van der Waals surface area contributed by atoms with Gasteiger partial charge in [0.1, 0.15) is 11.5 Å². The van der Waals surface area contributed by atoms with E-state index < -0.39 is 21.7 Å². The largest absolute Gasteiger partial charge is 0.321 e.